The van der Waals surface area contributed by atoms with Crippen LogP contribution in [0.5, 0.6) is 5.75 Å². The maximum atomic E-state index is 12.2. The first kappa shape index (κ1) is 30.0. The molecule has 0 aromatic heterocycles. The zero-order valence-corrected chi connectivity index (χ0v) is 24.6. The van der Waals surface area contributed by atoms with Crippen molar-refractivity contribution in [2.75, 3.05) is 69.5 Å². The summed E-state index contributed by atoms with van der Waals surface area (Å²) in [5, 5.41) is 3.15. The Labute approximate surface area is 247 Å². The molecule has 3 N–H and O–H groups in total. The maximum absolute atomic E-state index is 12.2. The third kappa shape index (κ3) is 7.41. The monoisotopic (exact) mass is 566 g/mol. The topological polar surface area (TPSA) is 111 Å². The van der Waals surface area contributed by atoms with Gasteiger partial charge in [0.1, 0.15) is 17.2 Å². The van der Waals surface area contributed by atoms with Crippen LogP contribution in [0.3, 0.4) is 0 Å². The molecule has 4 rings (SSSR count). The van der Waals surface area contributed by atoms with Gasteiger partial charge in [0.05, 0.1) is 31.0 Å². The van der Waals surface area contributed by atoms with Crippen LogP contribution in [-0.4, -0.2) is 83.9 Å². The summed E-state index contributed by atoms with van der Waals surface area (Å²) in [4.78, 5) is 32.6. The smallest absolute Gasteiger partial charge is 0.169 e. The number of allylic oxidation sites excluding steroid dienone is 1. The number of anilines is 3. The van der Waals surface area contributed by atoms with Crippen molar-refractivity contribution < 1.29 is 9.53 Å². The number of aliphatic imine (C=N–C) groups is 3. The molecule has 3 aromatic rings. The number of ether oxygens (including phenoxy) is 1. The molecule has 10 heteroatoms. The fourth-order valence-electron chi connectivity index (χ4n) is 4.61. The Bertz CT molecular complexity index is 1470. The highest BCUT2D eigenvalue weighted by Crippen LogP contribution is 2.33. The van der Waals surface area contributed by atoms with Crippen molar-refractivity contribution in [1.29, 1.82) is 0 Å². The summed E-state index contributed by atoms with van der Waals surface area (Å²) in [5.74, 6) is 1.15. The Kier molecular flexibility index (Phi) is 10.4. The molecule has 218 valence electrons. The number of nitrogens with one attached hydrogen (secondary N) is 1. The van der Waals surface area contributed by atoms with Crippen LogP contribution in [0.15, 0.2) is 99.3 Å². The number of piperazine rings is 1. The summed E-state index contributed by atoms with van der Waals surface area (Å²) in [7, 11) is 7.51. The summed E-state index contributed by atoms with van der Waals surface area (Å²) < 4.78 is 5.75. The first-order valence-electron chi connectivity index (χ1n) is 13.7. The van der Waals surface area contributed by atoms with Crippen LogP contribution in [0, 0.1) is 0 Å². The van der Waals surface area contributed by atoms with Crippen LogP contribution >= 0.6 is 0 Å². The standard InChI is InChI=1S/C32H38N8O2/c1-34-25-11-8-12-27(19-25)39(3)32(36-23-33)28(37-29(22-41)24-9-6-5-7-10-24)21-35-26-13-14-30(31(20-26)42-4)40-17-15-38(2)16-18-40/h5-14,19-23,34H,15-18H2,1-4H3,(H2,33,36)/b32-28-,35-21?,37-29?. The van der Waals surface area contributed by atoms with Crippen LogP contribution in [-0.2, 0) is 4.79 Å². The van der Waals surface area contributed by atoms with Crippen molar-refractivity contribution in [2.24, 2.45) is 20.7 Å². The highest BCUT2D eigenvalue weighted by atomic mass is 16.5. The van der Waals surface area contributed by atoms with Crippen molar-refractivity contribution in [2.45, 2.75) is 0 Å². The number of benzene rings is 3. The Hall–Kier alpha value is -4.96. The van der Waals surface area contributed by atoms with Crippen LogP contribution in [0.2, 0.25) is 0 Å². The number of methoxy groups -OCH3 is 1. The lowest BCUT2D eigenvalue weighted by Crippen LogP contribution is -2.44. The molecular formula is C32H38N8O2. The summed E-state index contributed by atoms with van der Waals surface area (Å²) in [6.07, 6.45) is 3.52. The molecule has 3 aromatic carbocycles. The Morgan fingerprint density at radius 3 is 2.45 bits per heavy atom. The van der Waals surface area contributed by atoms with E-state index in [1.54, 1.807) is 13.3 Å². The van der Waals surface area contributed by atoms with Crippen LogP contribution in [0.4, 0.5) is 22.7 Å². The number of hydrogen-bond acceptors (Lipinski definition) is 9. The molecule has 1 heterocycles. The normalized spacial score (nSPS) is 15.1. The summed E-state index contributed by atoms with van der Waals surface area (Å²) in [5.41, 5.74) is 10.5. The number of nitrogens with two attached hydrogens (primary N) is 1. The van der Waals surface area contributed by atoms with E-state index in [9.17, 15) is 4.79 Å². The highest BCUT2D eigenvalue weighted by molar-refractivity contribution is 6.36. The number of likely N-dealkylation sites (N-methyl/N-ethyl adjacent to an activating group) is 1. The SMILES string of the molecule is CNc1cccc(N(C)C(/N=C/N)=C(/C=Nc2ccc(N3CCN(C)CC3)c(OC)c2)N=C(C=O)c2ccccc2)c1. The van der Waals surface area contributed by atoms with E-state index in [4.69, 9.17) is 20.5 Å². The quantitative estimate of drug-likeness (QED) is 0.204. The molecule has 0 saturated carbocycles. The van der Waals surface area contributed by atoms with E-state index in [-0.39, 0.29) is 5.71 Å². The summed E-state index contributed by atoms with van der Waals surface area (Å²) in [6, 6.07) is 23.0. The number of carbonyl (C=O) groups is 1. The first-order valence-corrected chi connectivity index (χ1v) is 13.7. The van der Waals surface area contributed by atoms with Crippen LogP contribution < -0.4 is 25.6 Å². The zero-order valence-electron chi connectivity index (χ0n) is 24.6. The Morgan fingerprint density at radius 2 is 1.79 bits per heavy atom. The third-order valence-electron chi connectivity index (χ3n) is 7.03. The molecular weight excluding hydrogens is 528 g/mol. The number of hydrogen-bond donors (Lipinski definition) is 2. The molecule has 0 spiro atoms. The number of rotatable bonds is 11. The molecule has 0 radical (unpaired) electrons. The van der Waals surface area contributed by atoms with Gasteiger partial charge < -0.3 is 30.5 Å². The van der Waals surface area contributed by atoms with Gasteiger partial charge in [-0.2, -0.15) is 0 Å². The minimum Gasteiger partial charge on any atom is -0.495 e. The first-order chi connectivity index (χ1) is 20.5. The molecule has 1 saturated heterocycles. The van der Waals surface area contributed by atoms with Gasteiger partial charge in [-0.25, -0.2) is 9.98 Å². The molecule has 42 heavy (non-hydrogen) atoms. The lowest BCUT2D eigenvalue weighted by Gasteiger charge is -2.34. The van der Waals surface area contributed by atoms with Gasteiger partial charge in [-0.15, -0.1) is 0 Å². The van der Waals surface area contributed by atoms with Crippen molar-refractivity contribution in [3.8, 4) is 5.75 Å². The lowest BCUT2D eigenvalue weighted by molar-refractivity contribution is -0.102. The zero-order chi connectivity index (χ0) is 29.9. The number of carbonyl (C=O) groups excluding carboxylic acids is 1. The molecule has 0 unspecified atom stereocenters. The van der Waals surface area contributed by atoms with E-state index < -0.39 is 0 Å². The number of aldehydes is 1. The van der Waals surface area contributed by atoms with Crippen LogP contribution in [0.25, 0.3) is 0 Å². The van der Waals surface area contributed by atoms with Crippen molar-refractivity contribution in [1.82, 2.24) is 4.90 Å². The average Bonchev–Trinajstić information content (AvgIpc) is 3.04. The predicted octanol–water partition coefficient (Wildman–Crippen LogP) is 4.17. The van der Waals surface area contributed by atoms with E-state index in [0.717, 1.165) is 55.3 Å². The minimum atomic E-state index is 0.238. The summed E-state index contributed by atoms with van der Waals surface area (Å²) >= 11 is 0. The fourth-order valence-corrected chi connectivity index (χ4v) is 4.61. The van der Waals surface area contributed by atoms with Crippen molar-refractivity contribution in [3.05, 3.63) is 89.9 Å². The van der Waals surface area contributed by atoms with Gasteiger partial charge >= 0.3 is 0 Å². The van der Waals surface area contributed by atoms with Crippen molar-refractivity contribution in [3.63, 3.8) is 0 Å². The second-order valence-corrected chi connectivity index (χ2v) is 9.73. The second-order valence-electron chi connectivity index (χ2n) is 9.73. The molecule has 0 aliphatic carbocycles. The molecule has 1 aliphatic rings. The van der Waals surface area contributed by atoms with E-state index >= 15 is 0 Å². The fraction of sp³-hybridized carbons (Fsp3) is 0.250. The Morgan fingerprint density at radius 1 is 1.02 bits per heavy atom. The number of nitrogens with zero attached hydrogens (tertiary/aromatic N) is 6. The third-order valence-corrected chi connectivity index (χ3v) is 7.03. The average molecular weight is 567 g/mol. The van der Waals surface area contributed by atoms with Gasteiger partial charge in [0, 0.05) is 63.3 Å². The largest absolute Gasteiger partial charge is 0.495 e. The van der Waals surface area contributed by atoms with Gasteiger partial charge in [-0.1, -0.05) is 36.4 Å². The van der Waals surface area contributed by atoms with Gasteiger partial charge in [0.15, 0.2) is 12.1 Å². The lowest BCUT2D eigenvalue weighted by atomic mass is 10.1. The molecule has 1 aliphatic heterocycles. The van der Waals surface area contributed by atoms with E-state index in [1.165, 1.54) is 6.34 Å². The minimum absolute atomic E-state index is 0.238. The molecule has 1 fully saturated rings. The molecule has 0 atom stereocenters. The van der Waals surface area contributed by atoms with E-state index in [2.05, 4.69) is 27.2 Å². The van der Waals surface area contributed by atoms with Gasteiger partial charge in [0.25, 0.3) is 0 Å². The van der Waals surface area contributed by atoms with Gasteiger partial charge in [-0.3, -0.25) is 9.79 Å². The second kappa shape index (κ2) is 14.6. The van der Waals surface area contributed by atoms with Gasteiger partial charge in [-0.05, 0) is 37.4 Å². The Balaban J connectivity index is 1.80. The maximum Gasteiger partial charge on any atom is 0.169 e. The molecule has 0 amide bonds. The highest BCUT2D eigenvalue weighted by Gasteiger charge is 2.18. The van der Waals surface area contributed by atoms with Crippen LogP contribution in [0.1, 0.15) is 5.56 Å². The van der Waals surface area contributed by atoms with Crippen molar-refractivity contribution >= 4 is 47.3 Å². The molecule has 10 nitrogen and oxygen atoms in total. The summed E-state index contributed by atoms with van der Waals surface area (Å²) in [6.45, 7) is 3.83. The molecule has 0 bridgehead atoms. The van der Waals surface area contributed by atoms with E-state index in [1.807, 2.05) is 91.8 Å². The van der Waals surface area contributed by atoms with E-state index in [0.29, 0.717) is 22.8 Å². The van der Waals surface area contributed by atoms with Gasteiger partial charge in [0.2, 0.25) is 0 Å². The predicted molar refractivity (Wildman–Crippen MR) is 174 cm³/mol.